The van der Waals surface area contributed by atoms with E-state index in [-0.39, 0.29) is 11.8 Å². The lowest BCUT2D eigenvalue weighted by Gasteiger charge is -2.17. The molecule has 0 radical (unpaired) electrons. The molecule has 6 heteroatoms. The van der Waals surface area contributed by atoms with Gasteiger partial charge in [-0.1, -0.05) is 6.92 Å². The lowest BCUT2D eigenvalue weighted by atomic mass is 9.99. The van der Waals surface area contributed by atoms with Crippen molar-refractivity contribution in [2.24, 2.45) is 11.8 Å². The molecule has 1 aromatic heterocycles. The van der Waals surface area contributed by atoms with Gasteiger partial charge in [0, 0.05) is 24.8 Å². The van der Waals surface area contributed by atoms with E-state index in [1.165, 1.54) is 0 Å². The molecule has 1 aliphatic heterocycles. The van der Waals surface area contributed by atoms with E-state index in [1.807, 2.05) is 25.7 Å². The van der Waals surface area contributed by atoms with Gasteiger partial charge < -0.3 is 14.7 Å². The Hall–Kier alpha value is -1.85. The number of rotatable bonds is 4. The topological polar surface area (TPSA) is 75.5 Å². The highest BCUT2D eigenvalue weighted by Crippen LogP contribution is 2.27. The van der Waals surface area contributed by atoms with E-state index in [4.69, 9.17) is 9.84 Å². The van der Waals surface area contributed by atoms with Crippen LogP contribution in [0.3, 0.4) is 0 Å². The molecule has 1 aliphatic rings. The third-order valence-corrected chi connectivity index (χ3v) is 3.32. The third kappa shape index (κ3) is 2.94. The molecule has 6 nitrogen and oxygen atoms in total. The second-order valence-corrected chi connectivity index (χ2v) is 4.91. The van der Waals surface area contributed by atoms with Crippen LogP contribution in [0.1, 0.15) is 19.5 Å². The van der Waals surface area contributed by atoms with Gasteiger partial charge in [0.2, 0.25) is 11.8 Å². The first-order valence-corrected chi connectivity index (χ1v) is 6.47. The molecule has 104 valence electrons. The van der Waals surface area contributed by atoms with Crippen LogP contribution in [0.4, 0.5) is 5.95 Å². The van der Waals surface area contributed by atoms with E-state index < -0.39 is 5.97 Å². The molecule has 1 saturated heterocycles. The summed E-state index contributed by atoms with van der Waals surface area (Å²) in [6.07, 6.45) is 0. The van der Waals surface area contributed by atoms with Gasteiger partial charge in [-0.3, -0.25) is 4.79 Å². The zero-order valence-electron chi connectivity index (χ0n) is 11.5. The van der Waals surface area contributed by atoms with Crippen molar-refractivity contribution in [2.45, 2.75) is 20.8 Å². The first kappa shape index (κ1) is 13.6. The number of aromatic nitrogens is 2. The summed E-state index contributed by atoms with van der Waals surface area (Å²) >= 11 is 0. The summed E-state index contributed by atoms with van der Waals surface area (Å²) < 4.78 is 5.39. The Bertz CT molecular complexity index is 478. The van der Waals surface area contributed by atoms with E-state index in [1.54, 1.807) is 6.07 Å². The SMILES string of the molecule is CCOc1cc(C)nc(N2CC(C)C(C(=O)O)C2)n1. The summed E-state index contributed by atoms with van der Waals surface area (Å²) in [6.45, 7) is 7.37. The summed E-state index contributed by atoms with van der Waals surface area (Å²) in [6, 6.07) is 1.78. The largest absolute Gasteiger partial charge is 0.481 e. The molecule has 2 heterocycles. The molecular formula is C13H19N3O3. The lowest BCUT2D eigenvalue weighted by molar-refractivity contribution is -0.142. The summed E-state index contributed by atoms with van der Waals surface area (Å²) in [5.74, 6) is 0.0694. The Morgan fingerprint density at radius 2 is 2.26 bits per heavy atom. The molecule has 0 saturated carbocycles. The van der Waals surface area contributed by atoms with Crippen molar-refractivity contribution in [1.29, 1.82) is 0 Å². The molecule has 1 N–H and O–H groups in total. The zero-order valence-corrected chi connectivity index (χ0v) is 11.5. The summed E-state index contributed by atoms with van der Waals surface area (Å²) in [4.78, 5) is 21.8. The molecule has 0 spiro atoms. The van der Waals surface area contributed by atoms with Crippen LogP contribution < -0.4 is 9.64 Å². The highest BCUT2D eigenvalue weighted by molar-refractivity contribution is 5.72. The van der Waals surface area contributed by atoms with Crippen LogP contribution in [-0.4, -0.2) is 40.7 Å². The van der Waals surface area contributed by atoms with Crippen molar-refractivity contribution in [3.05, 3.63) is 11.8 Å². The fourth-order valence-electron chi connectivity index (χ4n) is 2.34. The van der Waals surface area contributed by atoms with E-state index in [0.29, 0.717) is 31.5 Å². The normalized spacial score (nSPS) is 22.6. The number of carboxylic acid groups (broad SMARTS) is 1. The number of hydrogen-bond acceptors (Lipinski definition) is 5. The number of hydrogen-bond donors (Lipinski definition) is 1. The molecule has 2 unspecified atom stereocenters. The minimum absolute atomic E-state index is 0.0946. The standard InChI is InChI=1S/C13H19N3O3/c1-4-19-11-5-9(3)14-13(15-11)16-6-8(2)10(7-16)12(17)18/h5,8,10H,4,6-7H2,1-3H3,(H,17,18). The minimum atomic E-state index is -0.757. The zero-order chi connectivity index (χ0) is 14.0. The van der Waals surface area contributed by atoms with Crippen LogP contribution in [-0.2, 0) is 4.79 Å². The van der Waals surface area contributed by atoms with E-state index >= 15 is 0 Å². The van der Waals surface area contributed by atoms with E-state index in [2.05, 4.69) is 9.97 Å². The average molecular weight is 265 g/mol. The highest BCUT2D eigenvalue weighted by Gasteiger charge is 2.36. The molecule has 0 bridgehead atoms. The van der Waals surface area contributed by atoms with Crippen LogP contribution in [0.25, 0.3) is 0 Å². The van der Waals surface area contributed by atoms with Gasteiger partial charge in [0.25, 0.3) is 0 Å². The molecule has 0 aliphatic carbocycles. The predicted molar refractivity (Wildman–Crippen MR) is 70.4 cm³/mol. The van der Waals surface area contributed by atoms with Crippen molar-refractivity contribution in [3.8, 4) is 5.88 Å². The molecule has 1 aromatic rings. The summed E-state index contributed by atoms with van der Waals surface area (Å²) in [5.41, 5.74) is 0.819. The number of anilines is 1. The van der Waals surface area contributed by atoms with Gasteiger partial charge in [-0.2, -0.15) is 4.98 Å². The van der Waals surface area contributed by atoms with Crippen molar-refractivity contribution in [3.63, 3.8) is 0 Å². The van der Waals surface area contributed by atoms with Gasteiger partial charge >= 0.3 is 5.97 Å². The monoisotopic (exact) mass is 265 g/mol. The second kappa shape index (κ2) is 5.42. The molecule has 19 heavy (non-hydrogen) atoms. The molecule has 2 rings (SSSR count). The molecule has 1 fully saturated rings. The van der Waals surface area contributed by atoms with Crippen LogP contribution in [0.5, 0.6) is 5.88 Å². The molecule has 2 atom stereocenters. The van der Waals surface area contributed by atoms with Crippen LogP contribution in [0.15, 0.2) is 6.07 Å². The fourth-order valence-corrected chi connectivity index (χ4v) is 2.34. The smallest absolute Gasteiger partial charge is 0.308 e. The van der Waals surface area contributed by atoms with E-state index in [9.17, 15) is 4.79 Å². The molecule has 0 amide bonds. The quantitative estimate of drug-likeness (QED) is 0.885. The van der Waals surface area contributed by atoms with Crippen molar-refractivity contribution >= 4 is 11.9 Å². The Morgan fingerprint density at radius 1 is 1.53 bits per heavy atom. The number of nitrogens with zero attached hydrogens (tertiary/aromatic N) is 3. The number of carboxylic acids is 1. The lowest BCUT2D eigenvalue weighted by Crippen LogP contribution is -2.24. The maximum Gasteiger partial charge on any atom is 0.308 e. The Balaban J connectivity index is 2.21. The van der Waals surface area contributed by atoms with Gasteiger partial charge in [-0.15, -0.1) is 0 Å². The second-order valence-electron chi connectivity index (χ2n) is 4.91. The van der Waals surface area contributed by atoms with Gasteiger partial charge in [-0.05, 0) is 19.8 Å². The van der Waals surface area contributed by atoms with Gasteiger partial charge in [0.1, 0.15) is 0 Å². The third-order valence-electron chi connectivity index (χ3n) is 3.32. The van der Waals surface area contributed by atoms with Crippen molar-refractivity contribution < 1.29 is 14.6 Å². The number of carbonyl (C=O) groups is 1. The Kier molecular flexibility index (Phi) is 3.87. The van der Waals surface area contributed by atoms with Crippen molar-refractivity contribution in [2.75, 3.05) is 24.6 Å². The maximum absolute atomic E-state index is 11.1. The summed E-state index contributed by atoms with van der Waals surface area (Å²) in [7, 11) is 0. The fraction of sp³-hybridized carbons (Fsp3) is 0.615. The van der Waals surface area contributed by atoms with E-state index in [0.717, 1.165) is 5.69 Å². The Morgan fingerprint density at radius 3 is 2.84 bits per heavy atom. The predicted octanol–water partition coefficient (Wildman–Crippen LogP) is 1.34. The maximum atomic E-state index is 11.1. The van der Waals surface area contributed by atoms with Gasteiger partial charge in [-0.25, -0.2) is 4.98 Å². The number of aliphatic carboxylic acids is 1. The number of ether oxygens (including phenoxy) is 1. The molecule has 0 aromatic carbocycles. The minimum Gasteiger partial charge on any atom is -0.481 e. The first-order chi connectivity index (χ1) is 9.01. The number of aryl methyl sites for hydroxylation is 1. The first-order valence-electron chi connectivity index (χ1n) is 6.47. The highest BCUT2D eigenvalue weighted by atomic mass is 16.5. The van der Waals surface area contributed by atoms with Gasteiger partial charge in [0.15, 0.2) is 0 Å². The van der Waals surface area contributed by atoms with Gasteiger partial charge in [0.05, 0.1) is 12.5 Å². The van der Waals surface area contributed by atoms with Crippen molar-refractivity contribution in [1.82, 2.24) is 9.97 Å². The Labute approximate surface area is 112 Å². The average Bonchev–Trinajstić information content (AvgIpc) is 2.71. The summed E-state index contributed by atoms with van der Waals surface area (Å²) in [5, 5.41) is 9.15. The molecular weight excluding hydrogens is 246 g/mol. The van der Waals surface area contributed by atoms with Crippen LogP contribution in [0.2, 0.25) is 0 Å². The van der Waals surface area contributed by atoms with Crippen LogP contribution in [0, 0.1) is 18.8 Å². The van der Waals surface area contributed by atoms with Crippen LogP contribution >= 0.6 is 0 Å².